The third-order valence-corrected chi connectivity index (χ3v) is 3.99. The molecular formula is C15H19ClN2O2. The smallest absolute Gasteiger partial charge is 0.321 e. The summed E-state index contributed by atoms with van der Waals surface area (Å²) in [5.41, 5.74) is 1.65. The molecule has 0 saturated carbocycles. The molecule has 2 rings (SSSR count). The highest BCUT2D eigenvalue weighted by molar-refractivity contribution is 6.31. The molecule has 1 fully saturated rings. The van der Waals surface area contributed by atoms with Gasteiger partial charge in [-0.05, 0) is 44.4 Å². The fourth-order valence-corrected chi connectivity index (χ4v) is 2.69. The summed E-state index contributed by atoms with van der Waals surface area (Å²) in [7, 11) is 0. The maximum absolute atomic E-state index is 12.3. The summed E-state index contributed by atoms with van der Waals surface area (Å²) in [5, 5.41) is 3.48. The monoisotopic (exact) mass is 294 g/mol. The molecule has 4 nitrogen and oxygen atoms in total. The van der Waals surface area contributed by atoms with Crippen LogP contribution in [0.1, 0.15) is 31.7 Å². The van der Waals surface area contributed by atoms with E-state index in [-0.39, 0.29) is 17.9 Å². The van der Waals surface area contributed by atoms with E-state index >= 15 is 0 Å². The van der Waals surface area contributed by atoms with Crippen LogP contribution in [-0.2, 0) is 4.79 Å². The van der Waals surface area contributed by atoms with E-state index in [9.17, 15) is 9.59 Å². The van der Waals surface area contributed by atoms with E-state index in [1.54, 1.807) is 17.9 Å². The van der Waals surface area contributed by atoms with Gasteiger partial charge in [-0.15, -0.1) is 0 Å². The van der Waals surface area contributed by atoms with Crippen LogP contribution < -0.4 is 5.32 Å². The van der Waals surface area contributed by atoms with Gasteiger partial charge in [0.05, 0.1) is 0 Å². The van der Waals surface area contributed by atoms with E-state index in [1.165, 1.54) is 0 Å². The van der Waals surface area contributed by atoms with Gasteiger partial charge in [-0.25, -0.2) is 4.79 Å². The number of hydrogen-bond acceptors (Lipinski definition) is 2. The molecule has 0 bridgehead atoms. The molecule has 1 atom stereocenters. The summed E-state index contributed by atoms with van der Waals surface area (Å²) in [4.78, 5) is 25.2. The zero-order chi connectivity index (χ0) is 14.7. The lowest BCUT2D eigenvalue weighted by molar-refractivity contribution is -0.117. The second-order valence-electron chi connectivity index (χ2n) is 5.29. The molecule has 0 radical (unpaired) electrons. The third-order valence-electron chi connectivity index (χ3n) is 3.58. The normalized spacial score (nSPS) is 18.1. The van der Waals surface area contributed by atoms with Crippen LogP contribution in [0.25, 0.3) is 0 Å². The Kier molecular flexibility index (Phi) is 4.65. The Morgan fingerprint density at radius 1 is 1.45 bits per heavy atom. The van der Waals surface area contributed by atoms with Gasteiger partial charge >= 0.3 is 6.03 Å². The van der Waals surface area contributed by atoms with Gasteiger partial charge in [0.25, 0.3) is 0 Å². The molecule has 1 aliphatic rings. The summed E-state index contributed by atoms with van der Waals surface area (Å²) in [6.07, 6.45) is 2.27. The maximum Gasteiger partial charge on any atom is 0.322 e. The van der Waals surface area contributed by atoms with E-state index in [0.29, 0.717) is 23.7 Å². The Morgan fingerprint density at radius 3 is 2.85 bits per heavy atom. The zero-order valence-corrected chi connectivity index (χ0v) is 12.5. The summed E-state index contributed by atoms with van der Waals surface area (Å²) in [6.45, 7) is 4.18. The van der Waals surface area contributed by atoms with Crippen molar-refractivity contribution >= 4 is 29.1 Å². The molecule has 5 heteroatoms. The number of benzene rings is 1. The molecule has 1 aromatic carbocycles. The number of ketones is 1. The van der Waals surface area contributed by atoms with Crippen molar-refractivity contribution in [1.82, 2.24) is 4.90 Å². The predicted octanol–water partition coefficient (Wildman–Crippen LogP) is 3.62. The van der Waals surface area contributed by atoms with Gasteiger partial charge < -0.3 is 10.2 Å². The predicted molar refractivity (Wildman–Crippen MR) is 80.2 cm³/mol. The first kappa shape index (κ1) is 14.9. The number of aryl methyl sites for hydroxylation is 1. The number of carbonyl (C=O) groups is 2. The highest BCUT2D eigenvalue weighted by Crippen LogP contribution is 2.23. The first-order valence-electron chi connectivity index (χ1n) is 6.80. The molecule has 1 heterocycles. The molecule has 0 aliphatic carbocycles. The minimum atomic E-state index is -0.159. The number of rotatable bonds is 3. The van der Waals surface area contributed by atoms with Crippen molar-refractivity contribution in [3.05, 3.63) is 28.8 Å². The Morgan fingerprint density at radius 2 is 2.20 bits per heavy atom. The molecule has 1 unspecified atom stereocenters. The van der Waals surface area contributed by atoms with Crippen molar-refractivity contribution in [3.63, 3.8) is 0 Å². The standard InChI is InChI=1S/C15H19ClN2O2/c1-10-5-6-12(9-14(10)16)17-15(20)18-7-3-4-13(18)8-11(2)19/h5-6,9,13H,3-4,7-8H2,1-2H3,(H,17,20). The second kappa shape index (κ2) is 6.27. The Hall–Kier alpha value is -1.55. The molecule has 1 aromatic rings. The fourth-order valence-electron chi connectivity index (χ4n) is 2.51. The lowest BCUT2D eigenvalue weighted by Gasteiger charge is -2.24. The molecule has 1 aliphatic heterocycles. The topological polar surface area (TPSA) is 49.4 Å². The number of halogens is 1. The van der Waals surface area contributed by atoms with Gasteiger partial charge in [-0.2, -0.15) is 0 Å². The van der Waals surface area contributed by atoms with Crippen LogP contribution in [0.3, 0.4) is 0 Å². The number of anilines is 1. The van der Waals surface area contributed by atoms with Crippen LogP contribution in [0.5, 0.6) is 0 Å². The van der Waals surface area contributed by atoms with Crippen molar-refractivity contribution in [3.8, 4) is 0 Å². The first-order valence-corrected chi connectivity index (χ1v) is 7.18. The number of amides is 2. The van der Waals surface area contributed by atoms with Gasteiger partial charge in [0, 0.05) is 29.7 Å². The maximum atomic E-state index is 12.3. The van der Waals surface area contributed by atoms with Crippen LogP contribution in [0, 0.1) is 6.92 Å². The number of hydrogen-bond donors (Lipinski definition) is 1. The second-order valence-corrected chi connectivity index (χ2v) is 5.70. The largest absolute Gasteiger partial charge is 0.322 e. The van der Waals surface area contributed by atoms with E-state index in [0.717, 1.165) is 18.4 Å². The molecule has 108 valence electrons. The molecule has 1 saturated heterocycles. The minimum absolute atomic E-state index is 0.0217. The summed E-state index contributed by atoms with van der Waals surface area (Å²) < 4.78 is 0. The van der Waals surface area contributed by atoms with Gasteiger partial charge in [-0.3, -0.25) is 4.79 Å². The number of nitrogens with zero attached hydrogens (tertiary/aromatic N) is 1. The first-order chi connectivity index (χ1) is 9.47. The average Bonchev–Trinajstić information content (AvgIpc) is 2.81. The molecule has 0 spiro atoms. The van der Waals surface area contributed by atoms with E-state index in [2.05, 4.69) is 5.32 Å². The molecular weight excluding hydrogens is 276 g/mol. The Labute approximate surface area is 124 Å². The van der Waals surface area contributed by atoms with Crippen LogP contribution in [0.15, 0.2) is 18.2 Å². The van der Waals surface area contributed by atoms with Crippen molar-refractivity contribution in [2.24, 2.45) is 0 Å². The number of urea groups is 1. The highest BCUT2D eigenvalue weighted by Gasteiger charge is 2.29. The van der Waals surface area contributed by atoms with Crippen molar-refractivity contribution in [2.75, 3.05) is 11.9 Å². The Bertz CT molecular complexity index is 531. The summed E-state index contributed by atoms with van der Waals surface area (Å²) >= 11 is 6.04. The van der Waals surface area contributed by atoms with Crippen molar-refractivity contribution in [2.45, 2.75) is 39.2 Å². The van der Waals surface area contributed by atoms with E-state index in [4.69, 9.17) is 11.6 Å². The van der Waals surface area contributed by atoms with Gasteiger partial charge in [0.15, 0.2) is 0 Å². The number of nitrogens with one attached hydrogen (secondary N) is 1. The van der Waals surface area contributed by atoms with Crippen LogP contribution in [0.4, 0.5) is 10.5 Å². The quantitative estimate of drug-likeness (QED) is 0.925. The van der Waals surface area contributed by atoms with E-state index in [1.807, 2.05) is 19.1 Å². The van der Waals surface area contributed by atoms with Crippen LogP contribution >= 0.6 is 11.6 Å². The Balaban J connectivity index is 2.03. The SMILES string of the molecule is CC(=O)CC1CCCN1C(=O)Nc1ccc(C)c(Cl)c1. The summed E-state index contributed by atoms with van der Waals surface area (Å²) in [6, 6.07) is 5.30. The van der Waals surface area contributed by atoms with Gasteiger partial charge in [-0.1, -0.05) is 17.7 Å². The third kappa shape index (κ3) is 3.51. The highest BCUT2D eigenvalue weighted by atomic mass is 35.5. The minimum Gasteiger partial charge on any atom is -0.321 e. The lowest BCUT2D eigenvalue weighted by Crippen LogP contribution is -2.39. The van der Waals surface area contributed by atoms with Gasteiger partial charge in [0.1, 0.15) is 5.78 Å². The average molecular weight is 295 g/mol. The number of Topliss-reactive ketones (excluding diaryl/α,β-unsaturated/α-hetero) is 1. The fraction of sp³-hybridized carbons (Fsp3) is 0.467. The molecule has 1 N–H and O–H groups in total. The summed E-state index contributed by atoms with van der Waals surface area (Å²) in [5.74, 6) is 0.119. The van der Waals surface area contributed by atoms with Crippen molar-refractivity contribution < 1.29 is 9.59 Å². The molecule has 20 heavy (non-hydrogen) atoms. The van der Waals surface area contributed by atoms with Gasteiger partial charge in [0.2, 0.25) is 0 Å². The lowest BCUT2D eigenvalue weighted by atomic mass is 10.1. The molecule has 0 aromatic heterocycles. The number of likely N-dealkylation sites (tertiary alicyclic amines) is 1. The van der Waals surface area contributed by atoms with E-state index < -0.39 is 0 Å². The zero-order valence-electron chi connectivity index (χ0n) is 11.8. The number of carbonyl (C=O) groups excluding carboxylic acids is 2. The van der Waals surface area contributed by atoms with Crippen LogP contribution in [0.2, 0.25) is 5.02 Å². The molecule has 2 amide bonds. The van der Waals surface area contributed by atoms with Crippen LogP contribution in [-0.4, -0.2) is 29.3 Å². The van der Waals surface area contributed by atoms with Crippen molar-refractivity contribution in [1.29, 1.82) is 0 Å².